The van der Waals surface area contributed by atoms with E-state index < -0.39 is 11.7 Å². The summed E-state index contributed by atoms with van der Waals surface area (Å²) in [6.45, 7) is 4.36. The van der Waals surface area contributed by atoms with Gasteiger partial charge in [0.2, 0.25) is 17.8 Å². The Morgan fingerprint density at radius 2 is 1.85 bits per heavy atom. The Hall–Kier alpha value is -3.11. The summed E-state index contributed by atoms with van der Waals surface area (Å²) in [7, 11) is 0. The van der Waals surface area contributed by atoms with Crippen LogP contribution in [-0.4, -0.2) is 58.5 Å². The van der Waals surface area contributed by atoms with Gasteiger partial charge in [-0.25, -0.2) is 0 Å². The monoisotopic (exact) mass is 464 g/mol. The van der Waals surface area contributed by atoms with E-state index in [1.54, 1.807) is 6.92 Å². The number of nitrogens with one attached hydrogen (secondary N) is 1. The van der Waals surface area contributed by atoms with Gasteiger partial charge in [0, 0.05) is 37.8 Å². The van der Waals surface area contributed by atoms with Gasteiger partial charge in [-0.1, -0.05) is 18.9 Å². The molecule has 0 unspecified atom stereocenters. The molecule has 2 fully saturated rings. The van der Waals surface area contributed by atoms with Crippen molar-refractivity contribution in [2.45, 2.75) is 38.8 Å². The molecule has 0 radical (unpaired) electrons. The number of piperazine rings is 1. The van der Waals surface area contributed by atoms with Gasteiger partial charge in [0.25, 0.3) is 0 Å². The fourth-order valence-electron chi connectivity index (χ4n) is 4.20. The average Bonchev–Trinajstić information content (AvgIpc) is 3.33. The molecule has 0 spiro atoms. The molecule has 1 amide bonds. The van der Waals surface area contributed by atoms with Crippen LogP contribution in [0.3, 0.4) is 0 Å². The summed E-state index contributed by atoms with van der Waals surface area (Å²) < 4.78 is 44.6. The average molecular weight is 464 g/mol. The summed E-state index contributed by atoms with van der Waals surface area (Å²) >= 11 is 0. The molecule has 1 saturated heterocycles. The van der Waals surface area contributed by atoms with Crippen molar-refractivity contribution in [1.29, 1.82) is 0 Å². The largest absolute Gasteiger partial charge is 0.464 e. The van der Waals surface area contributed by atoms with E-state index in [1.807, 2.05) is 9.80 Å². The van der Waals surface area contributed by atoms with Crippen LogP contribution in [0.5, 0.6) is 6.01 Å². The molecule has 1 aliphatic heterocycles. The summed E-state index contributed by atoms with van der Waals surface area (Å²) in [5.41, 5.74) is -0.564. The van der Waals surface area contributed by atoms with E-state index in [0.717, 1.165) is 37.8 Å². The van der Waals surface area contributed by atoms with E-state index in [2.05, 4.69) is 20.3 Å². The van der Waals surface area contributed by atoms with Crippen molar-refractivity contribution < 1.29 is 22.7 Å². The third-order valence-corrected chi connectivity index (χ3v) is 5.90. The van der Waals surface area contributed by atoms with Crippen molar-refractivity contribution in [3.05, 3.63) is 29.8 Å². The fraction of sp³-hybridized carbons (Fsp3) is 0.545. The third kappa shape index (κ3) is 5.63. The molecular formula is C22H27F3N6O2. The van der Waals surface area contributed by atoms with Crippen LogP contribution in [-0.2, 0) is 11.0 Å². The second kappa shape index (κ2) is 9.80. The Morgan fingerprint density at radius 3 is 2.52 bits per heavy atom. The van der Waals surface area contributed by atoms with Crippen LogP contribution in [0.25, 0.3) is 0 Å². The quantitative estimate of drug-likeness (QED) is 0.695. The van der Waals surface area contributed by atoms with Crippen LogP contribution < -0.4 is 15.0 Å². The normalized spacial score (nSPS) is 17.3. The lowest BCUT2D eigenvalue weighted by Gasteiger charge is -2.36. The Balaban J connectivity index is 1.48. The molecule has 0 atom stereocenters. The molecule has 178 valence electrons. The van der Waals surface area contributed by atoms with Gasteiger partial charge in [-0.05, 0) is 38.0 Å². The Labute approximate surface area is 190 Å². The second-order valence-electron chi connectivity index (χ2n) is 8.17. The van der Waals surface area contributed by atoms with E-state index in [1.165, 1.54) is 12.1 Å². The van der Waals surface area contributed by atoms with E-state index >= 15 is 0 Å². The van der Waals surface area contributed by atoms with Gasteiger partial charge in [-0.3, -0.25) is 4.79 Å². The van der Waals surface area contributed by atoms with Crippen LogP contribution in [0.15, 0.2) is 24.3 Å². The van der Waals surface area contributed by atoms with Gasteiger partial charge in [0.1, 0.15) is 0 Å². The fourth-order valence-corrected chi connectivity index (χ4v) is 4.20. The van der Waals surface area contributed by atoms with Crippen LogP contribution in [0.2, 0.25) is 0 Å². The summed E-state index contributed by atoms with van der Waals surface area (Å²) in [5.74, 6) is 0.814. The summed E-state index contributed by atoms with van der Waals surface area (Å²) in [6.07, 6.45) is -0.288. The molecule has 11 heteroatoms. The zero-order chi connectivity index (χ0) is 23.4. The molecule has 1 saturated carbocycles. The van der Waals surface area contributed by atoms with E-state index in [-0.39, 0.29) is 29.5 Å². The minimum absolute atomic E-state index is 0.0847. The second-order valence-corrected chi connectivity index (χ2v) is 8.17. The maximum Gasteiger partial charge on any atom is 0.416 e. The number of hydrogen-bond donors (Lipinski definition) is 1. The molecule has 33 heavy (non-hydrogen) atoms. The highest BCUT2D eigenvalue weighted by molar-refractivity contribution is 5.79. The lowest BCUT2D eigenvalue weighted by molar-refractivity contribution is -0.137. The van der Waals surface area contributed by atoms with Crippen molar-refractivity contribution in [2.24, 2.45) is 5.92 Å². The lowest BCUT2D eigenvalue weighted by atomic mass is 10.1. The zero-order valence-electron chi connectivity index (χ0n) is 18.4. The Kier molecular flexibility index (Phi) is 6.85. The molecular weight excluding hydrogens is 437 g/mol. The number of amides is 1. The molecule has 1 aromatic carbocycles. The van der Waals surface area contributed by atoms with Crippen LogP contribution in [0, 0.1) is 5.92 Å². The number of anilines is 3. The first kappa shape index (κ1) is 23.1. The number of rotatable bonds is 6. The van der Waals surface area contributed by atoms with E-state index in [9.17, 15) is 18.0 Å². The number of halogens is 3. The van der Waals surface area contributed by atoms with Gasteiger partial charge in [0.05, 0.1) is 12.2 Å². The van der Waals surface area contributed by atoms with Crippen molar-refractivity contribution in [3.63, 3.8) is 0 Å². The first-order valence-electron chi connectivity index (χ1n) is 11.2. The number of aromatic nitrogens is 3. The number of ether oxygens (including phenoxy) is 1. The van der Waals surface area contributed by atoms with Crippen LogP contribution in [0.1, 0.15) is 38.2 Å². The number of carbonyl (C=O) groups excluding carboxylic acids is 1. The molecule has 1 N–H and O–H groups in total. The molecule has 1 aliphatic carbocycles. The van der Waals surface area contributed by atoms with Gasteiger partial charge in [-0.2, -0.15) is 28.1 Å². The minimum atomic E-state index is -4.45. The SMILES string of the molecule is CCOc1nc(Nc2cccc(C(F)(F)F)c2)nc(N2CCN(C(=O)C3CCCC3)CC2)n1. The number of hydrogen-bond acceptors (Lipinski definition) is 7. The molecule has 2 aromatic rings. The molecule has 0 bridgehead atoms. The highest BCUT2D eigenvalue weighted by Crippen LogP contribution is 2.31. The summed E-state index contributed by atoms with van der Waals surface area (Å²) in [4.78, 5) is 29.5. The Bertz CT molecular complexity index is 973. The smallest absolute Gasteiger partial charge is 0.416 e. The van der Waals surface area contributed by atoms with E-state index in [4.69, 9.17) is 4.74 Å². The minimum Gasteiger partial charge on any atom is -0.464 e. The standard InChI is InChI=1S/C22H27F3N6O2/c1-2-33-21-28-19(26-17-9-5-8-16(14-17)22(23,24)25)27-20(29-21)31-12-10-30(11-13-31)18(32)15-6-3-4-7-15/h5,8-9,14-15H,2-4,6-7,10-13H2,1H3,(H,26,27,28,29). The number of benzene rings is 1. The maximum atomic E-state index is 13.0. The molecule has 4 rings (SSSR count). The van der Waals surface area contributed by atoms with Crippen LogP contribution >= 0.6 is 0 Å². The molecule has 8 nitrogen and oxygen atoms in total. The summed E-state index contributed by atoms with van der Waals surface area (Å²) in [5, 5.41) is 2.83. The predicted octanol–water partition coefficient (Wildman–Crippen LogP) is 3.87. The van der Waals surface area contributed by atoms with E-state index in [0.29, 0.717) is 38.7 Å². The van der Waals surface area contributed by atoms with Crippen molar-refractivity contribution in [1.82, 2.24) is 19.9 Å². The zero-order valence-corrected chi connectivity index (χ0v) is 18.4. The number of carbonyl (C=O) groups is 1. The Morgan fingerprint density at radius 1 is 1.12 bits per heavy atom. The number of nitrogens with zero attached hydrogens (tertiary/aromatic N) is 5. The van der Waals surface area contributed by atoms with Gasteiger partial charge < -0.3 is 19.9 Å². The first-order chi connectivity index (χ1) is 15.8. The number of alkyl halides is 3. The highest BCUT2D eigenvalue weighted by atomic mass is 19.4. The van der Waals surface area contributed by atoms with Gasteiger partial charge in [-0.15, -0.1) is 0 Å². The topological polar surface area (TPSA) is 83.5 Å². The summed E-state index contributed by atoms with van der Waals surface area (Å²) in [6, 6.07) is 4.91. The molecule has 2 aliphatic rings. The lowest BCUT2D eigenvalue weighted by Crippen LogP contribution is -2.50. The van der Waals surface area contributed by atoms with Gasteiger partial charge >= 0.3 is 12.2 Å². The highest BCUT2D eigenvalue weighted by Gasteiger charge is 2.31. The molecule has 2 heterocycles. The third-order valence-electron chi connectivity index (χ3n) is 5.90. The maximum absolute atomic E-state index is 13.0. The van der Waals surface area contributed by atoms with Gasteiger partial charge in [0.15, 0.2) is 0 Å². The first-order valence-corrected chi connectivity index (χ1v) is 11.2. The van der Waals surface area contributed by atoms with Crippen molar-refractivity contribution >= 4 is 23.5 Å². The van der Waals surface area contributed by atoms with Crippen molar-refractivity contribution in [3.8, 4) is 6.01 Å². The molecule has 1 aromatic heterocycles. The van der Waals surface area contributed by atoms with Crippen LogP contribution in [0.4, 0.5) is 30.8 Å². The predicted molar refractivity (Wildman–Crippen MR) is 116 cm³/mol. The van der Waals surface area contributed by atoms with Crippen molar-refractivity contribution in [2.75, 3.05) is 43.0 Å².